The van der Waals surface area contributed by atoms with Crippen LogP contribution >= 0.6 is 0 Å². The van der Waals surface area contributed by atoms with Crippen LogP contribution in [0.15, 0.2) is 0 Å². The molecule has 0 bridgehead atoms. The van der Waals surface area contributed by atoms with E-state index in [1.165, 1.54) is 4.90 Å². The first kappa shape index (κ1) is 13.4. The van der Waals surface area contributed by atoms with Crippen molar-refractivity contribution in [3.63, 3.8) is 0 Å². The maximum Gasteiger partial charge on any atom is 0.325 e. The monoisotopic (exact) mass is 279 g/mol. The SMILES string of the molecule is CC1CCCC2(C1)C(=O)NC(=O)N2CC(=O)NC1CC1. The zero-order chi connectivity index (χ0) is 14.3. The standard InChI is InChI=1S/C14H21N3O3/c1-9-3-2-6-14(7-9)12(19)16-13(20)17(14)8-11(18)15-10-4-5-10/h9-10H,2-8H2,1H3,(H,15,18)(H,16,19,20). The second-order valence-corrected chi connectivity index (χ2v) is 6.42. The summed E-state index contributed by atoms with van der Waals surface area (Å²) in [7, 11) is 0. The summed E-state index contributed by atoms with van der Waals surface area (Å²) < 4.78 is 0. The Bertz CT molecular complexity index is 461. The van der Waals surface area contributed by atoms with Gasteiger partial charge in [0.2, 0.25) is 5.91 Å². The fourth-order valence-corrected chi connectivity index (χ4v) is 3.44. The molecule has 1 saturated heterocycles. The first-order valence-corrected chi connectivity index (χ1v) is 7.44. The molecule has 0 radical (unpaired) electrons. The quantitative estimate of drug-likeness (QED) is 0.749. The summed E-state index contributed by atoms with van der Waals surface area (Å²) in [5.41, 5.74) is -0.796. The van der Waals surface area contributed by atoms with E-state index in [1.54, 1.807) is 0 Å². The fourth-order valence-electron chi connectivity index (χ4n) is 3.44. The molecule has 3 aliphatic rings. The van der Waals surface area contributed by atoms with Gasteiger partial charge >= 0.3 is 6.03 Å². The largest absolute Gasteiger partial charge is 0.352 e. The molecule has 6 nitrogen and oxygen atoms in total. The van der Waals surface area contributed by atoms with E-state index in [4.69, 9.17) is 0 Å². The van der Waals surface area contributed by atoms with Gasteiger partial charge in [0, 0.05) is 6.04 Å². The third kappa shape index (κ3) is 2.27. The van der Waals surface area contributed by atoms with E-state index >= 15 is 0 Å². The first-order valence-electron chi connectivity index (χ1n) is 7.44. The first-order chi connectivity index (χ1) is 9.51. The molecule has 2 atom stereocenters. The van der Waals surface area contributed by atoms with Gasteiger partial charge < -0.3 is 10.2 Å². The lowest BCUT2D eigenvalue weighted by Crippen LogP contribution is -2.55. The highest BCUT2D eigenvalue weighted by molar-refractivity contribution is 6.08. The van der Waals surface area contributed by atoms with E-state index in [-0.39, 0.29) is 24.4 Å². The topological polar surface area (TPSA) is 78.5 Å². The van der Waals surface area contributed by atoms with Crippen molar-refractivity contribution in [1.82, 2.24) is 15.5 Å². The van der Waals surface area contributed by atoms with E-state index in [2.05, 4.69) is 17.6 Å². The minimum atomic E-state index is -0.796. The molecule has 0 aromatic heterocycles. The van der Waals surface area contributed by atoms with Gasteiger partial charge in [0.1, 0.15) is 12.1 Å². The zero-order valence-corrected chi connectivity index (χ0v) is 11.8. The van der Waals surface area contributed by atoms with Crippen LogP contribution in [0.25, 0.3) is 0 Å². The molecule has 4 amide bonds. The molecule has 2 saturated carbocycles. The summed E-state index contributed by atoms with van der Waals surface area (Å²) in [5, 5.41) is 5.27. The number of amides is 4. The molecule has 20 heavy (non-hydrogen) atoms. The third-order valence-corrected chi connectivity index (χ3v) is 4.62. The predicted octanol–water partition coefficient (Wildman–Crippen LogP) is 0.766. The number of carbonyl (C=O) groups is 3. The minimum Gasteiger partial charge on any atom is -0.352 e. The highest BCUT2D eigenvalue weighted by atomic mass is 16.2. The zero-order valence-electron chi connectivity index (χ0n) is 11.8. The van der Waals surface area contributed by atoms with Gasteiger partial charge in [-0.05, 0) is 31.6 Å². The van der Waals surface area contributed by atoms with Crippen LogP contribution in [0.4, 0.5) is 4.79 Å². The van der Waals surface area contributed by atoms with Crippen molar-refractivity contribution in [1.29, 1.82) is 0 Å². The number of urea groups is 1. The van der Waals surface area contributed by atoms with E-state index in [0.29, 0.717) is 18.8 Å². The fraction of sp³-hybridized carbons (Fsp3) is 0.786. The maximum absolute atomic E-state index is 12.2. The smallest absolute Gasteiger partial charge is 0.325 e. The highest BCUT2D eigenvalue weighted by Gasteiger charge is 2.54. The lowest BCUT2D eigenvalue weighted by atomic mass is 9.75. The molecule has 110 valence electrons. The van der Waals surface area contributed by atoms with Gasteiger partial charge in [-0.2, -0.15) is 0 Å². The Kier molecular flexibility index (Phi) is 3.18. The van der Waals surface area contributed by atoms with Gasteiger partial charge in [0.15, 0.2) is 0 Å². The lowest BCUT2D eigenvalue weighted by Gasteiger charge is -2.40. The van der Waals surface area contributed by atoms with Gasteiger partial charge in [0.25, 0.3) is 5.91 Å². The van der Waals surface area contributed by atoms with Crippen LogP contribution in [0, 0.1) is 5.92 Å². The molecule has 2 aliphatic carbocycles. The normalized spacial score (nSPS) is 33.5. The van der Waals surface area contributed by atoms with Crippen LogP contribution in [0.5, 0.6) is 0 Å². The Morgan fingerprint density at radius 3 is 2.80 bits per heavy atom. The summed E-state index contributed by atoms with van der Waals surface area (Å²) in [6.45, 7) is 2.08. The van der Waals surface area contributed by atoms with Gasteiger partial charge in [0.05, 0.1) is 0 Å². The van der Waals surface area contributed by atoms with Crippen molar-refractivity contribution in [2.45, 2.75) is 57.0 Å². The molecule has 3 fully saturated rings. The molecule has 2 unspecified atom stereocenters. The second-order valence-electron chi connectivity index (χ2n) is 6.42. The molecule has 1 heterocycles. The van der Waals surface area contributed by atoms with Crippen LogP contribution in [0.1, 0.15) is 45.4 Å². The van der Waals surface area contributed by atoms with Crippen LogP contribution in [0.2, 0.25) is 0 Å². The van der Waals surface area contributed by atoms with Crippen LogP contribution in [-0.4, -0.2) is 40.9 Å². The van der Waals surface area contributed by atoms with E-state index in [1.807, 2.05) is 0 Å². The molecular weight excluding hydrogens is 258 g/mol. The number of hydrogen-bond donors (Lipinski definition) is 2. The Morgan fingerprint density at radius 2 is 2.15 bits per heavy atom. The van der Waals surface area contributed by atoms with E-state index in [0.717, 1.165) is 25.7 Å². The van der Waals surface area contributed by atoms with Crippen LogP contribution in [0.3, 0.4) is 0 Å². The number of carbonyl (C=O) groups excluding carboxylic acids is 3. The Morgan fingerprint density at radius 1 is 1.40 bits per heavy atom. The Balaban J connectivity index is 1.76. The Labute approximate surface area is 118 Å². The van der Waals surface area contributed by atoms with E-state index < -0.39 is 11.6 Å². The van der Waals surface area contributed by atoms with Crippen LogP contribution in [-0.2, 0) is 9.59 Å². The number of nitrogens with zero attached hydrogens (tertiary/aromatic N) is 1. The summed E-state index contributed by atoms with van der Waals surface area (Å²) in [4.78, 5) is 37.7. The van der Waals surface area contributed by atoms with Gasteiger partial charge in [-0.1, -0.05) is 19.8 Å². The molecular formula is C14H21N3O3. The molecule has 3 rings (SSSR count). The van der Waals surface area contributed by atoms with Crippen molar-refractivity contribution in [3.8, 4) is 0 Å². The van der Waals surface area contributed by atoms with Crippen molar-refractivity contribution >= 4 is 17.8 Å². The van der Waals surface area contributed by atoms with Gasteiger partial charge in [-0.15, -0.1) is 0 Å². The molecule has 0 aromatic rings. The van der Waals surface area contributed by atoms with Crippen molar-refractivity contribution in [3.05, 3.63) is 0 Å². The minimum absolute atomic E-state index is 0.0131. The van der Waals surface area contributed by atoms with E-state index in [9.17, 15) is 14.4 Å². The van der Waals surface area contributed by atoms with Crippen molar-refractivity contribution in [2.24, 2.45) is 5.92 Å². The number of rotatable bonds is 3. The second kappa shape index (κ2) is 4.75. The predicted molar refractivity (Wildman–Crippen MR) is 71.8 cm³/mol. The number of imide groups is 1. The molecule has 1 spiro atoms. The number of nitrogens with one attached hydrogen (secondary N) is 2. The van der Waals surface area contributed by atoms with Gasteiger partial charge in [-0.3, -0.25) is 14.9 Å². The Hall–Kier alpha value is -1.59. The average molecular weight is 279 g/mol. The molecule has 0 aromatic carbocycles. The molecule has 1 aliphatic heterocycles. The molecule has 2 N–H and O–H groups in total. The van der Waals surface area contributed by atoms with Crippen LogP contribution < -0.4 is 10.6 Å². The number of hydrogen-bond acceptors (Lipinski definition) is 3. The highest BCUT2D eigenvalue weighted by Crippen LogP contribution is 2.39. The maximum atomic E-state index is 12.2. The summed E-state index contributed by atoms with van der Waals surface area (Å²) in [6.07, 6.45) is 5.33. The third-order valence-electron chi connectivity index (χ3n) is 4.62. The molecule has 6 heteroatoms. The summed E-state index contributed by atoms with van der Waals surface area (Å²) in [6, 6.07) is -0.153. The van der Waals surface area contributed by atoms with Crippen molar-refractivity contribution < 1.29 is 14.4 Å². The summed E-state index contributed by atoms with van der Waals surface area (Å²) >= 11 is 0. The average Bonchev–Trinajstić information content (AvgIpc) is 3.15. The van der Waals surface area contributed by atoms with Crippen molar-refractivity contribution in [2.75, 3.05) is 6.54 Å². The lowest BCUT2D eigenvalue weighted by molar-refractivity contribution is -0.131. The summed E-state index contributed by atoms with van der Waals surface area (Å²) in [5.74, 6) is 0.0117. The van der Waals surface area contributed by atoms with Gasteiger partial charge in [-0.25, -0.2) is 4.79 Å².